The number of halogens is 3. The first-order valence-corrected chi connectivity index (χ1v) is 11.5. The Morgan fingerprint density at radius 3 is 2.58 bits per heavy atom. The van der Waals surface area contributed by atoms with E-state index in [0.717, 1.165) is 29.0 Å². The van der Waals surface area contributed by atoms with Crippen LogP contribution in [-0.2, 0) is 9.68 Å². The lowest BCUT2D eigenvalue weighted by molar-refractivity contribution is 0.0695. The number of amidine groups is 1. The zero-order chi connectivity index (χ0) is 27.6. The van der Waals surface area contributed by atoms with Gasteiger partial charge in [0.25, 0.3) is 0 Å². The van der Waals surface area contributed by atoms with Crippen LogP contribution >= 0.6 is 0 Å². The summed E-state index contributed by atoms with van der Waals surface area (Å²) in [5, 5.41) is 17.0. The number of oxime groups is 2. The number of nitrogens with two attached hydrogens (primary N) is 1. The van der Waals surface area contributed by atoms with E-state index in [1.54, 1.807) is 13.8 Å². The van der Waals surface area contributed by atoms with E-state index in [4.69, 9.17) is 15.4 Å². The Morgan fingerprint density at radius 2 is 1.92 bits per heavy atom. The van der Waals surface area contributed by atoms with Gasteiger partial charge in [-0.05, 0) is 32.0 Å². The van der Waals surface area contributed by atoms with Crippen molar-refractivity contribution in [3.8, 4) is 5.69 Å². The molecule has 1 fully saturated rings. The topological polar surface area (TPSA) is 145 Å². The van der Waals surface area contributed by atoms with Crippen LogP contribution in [0.1, 0.15) is 24.2 Å². The number of aromatic nitrogens is 2. The van der Waals surface area contributed by atoms with E-state index in [-0.39, 0.29) is 49.3 Å². The van der Waals surface area contributed by atoms with Crippen molar-refractivity contribution < 1.29 is 32.7 Å². The van der Waals surface area contributed by atoms with Crippen LogP contribution in [0.5, 0.6) is 0 Å². The Labute approximate surface area is 213 Å². The summed E-state index contributed by atoms with van der Waals surface area (Å²) in [5.41, 5.74) is 4.17. The minimum absolute atomic E-state index is 0.0186. The molecule has 1 atom stereocenters. The highest BCUT2D eigenvalue weighted by Gasteiger charge is 2.35. The maximum Gasteiger partial charge on any atom is 0.341 e. The lowest BCUT2D eigenvalue weighted by Gasteiger charge is -2.19. The highest BCUT2D eigenvalue weighted by Crippen LogP contribution is 2.28. The van der Waals surface area contributed by atoms with Crippen LogP contribution < -0.4 is 16.1 Å². The molecule has 0 radical (unpaired) electrons. The minimum atomic E-state index is -1.61. The first-order chi connectivity index (χ1) is 18.2. The van der Waals surface area contributed by atoms with Crippen molar-refractivity contribution in [3.63, 3.8) is 0 Å². The SMILES string of the molecule is CCO/N=C(/N)C1CN(c2nc3c(cc2F)c(=O)c(C(=O)O)cn3-c2ccc(F)cc2F)C/C1=N/OCC. The molecule has 4 rings (SSSR count). The Kier molecular flexibility index (Phi) is 7.50. The third-order valence-electron chi connectivity index (χ3n) is 5.74. The van der Waals surface area contributed by atoms with E-state index in [2.05, 4.69) is 15.3 Å². The van der Waals surface area contributed by atoms with Gasteiger partial charge in [0.2, 0.25) is 5.43 Å². The highest BCUT2D eigenvalue weighted by molar-refractivity contribution is 6.10. The van der Waals surface area contributed by atoms with Crippen molar-refractivity contribution in [2.75, 3.05) is 31.2 Å². The van der Waals surface area contributed by atoms with Crippen molar-refractivity contribution in [2.45, 2.75) is 13.8 Å². The number of rotatable bonds is 8. The summed E-state index contributed by atoms with van der Waals surface area (Å²) in [6, 6.07) is 3.42. The fraction of sp³-hybridized carbons (Fsp3) is 0.292. The Morgan fingerprint density at radius 1 is 1.18 bits per heavy atom. The molecule has 14 heteroatoms. The monoisotopic (exact) mass is 532 g/mol. The molecule has 1 aliphatic rings. The van der Waals surface area contributed by atoms with E-state index in [1.165, 1.54) is 4.90 Å². The summed E-state index contributed by atoms with van der Waals surface area (Å²) >= 11 is 0. The molecule has 3 aromatic rings. The Bertz CT molecular complexity index is 1520. The molecule has 11 nitrogen and oxygen atoms in total. The molecule has 0 spiro atoms. The third kappa shape index (κ3) is 4.96. The van der Waals surface area contributed by atoms with Crippen molar-refractivity contribution >= 4 is 34.4 Å². The average Bonchev–Trinajstić information content (AvgIpc) is 3.30. The number of carbonyl (C=O) groups is 1. The van der Waals surface area contributed by atoms with Crippen molar-refractivity contribution in [1.82, 2.24) is 9.55 Å². The zero-order valence-electron chi connectivity index (χ0n) is 20.3. The minimum Gasteiger partial charge on any atom is -0.477 e. The molecule has 0 aliphatic carbocycles. The number of hydrogen-bond donors (Lipinski definition) is 2. The Balaban J connectivity index is 1.90. The van der Waals surface area contributed by atoms with Crippen LogP contribution in [0.25, 0.3) is 16.7 Å². The largest absolute Gasteiger partial charge is 0.477 e. The van der Waals surface area contributed by atoms with Crippen LogP contribution in [0, 0.1) is 23.4 Å². The van der Waals surface area contributed by atoms with Crippen LogP contribution in [-0.4, -0.2) is 58.5 Å². The highest BCUT2D eigenvalue weighted by atomic mass is 19.1. The van der Waals surface area contributed by atoms with Crippen molar-refractivity contribution in [2.24, 2.45) is 22.0 Å². The number of nitrogens with zero attached hydrogens (tertiary/aromatic N) is 5. The van der Waals surface area contributed by atoms with Gasteiger partial charge in [-0.3, -0.25) is 9.36 Å². The molecule has 200 valence electrons. The van der Waals surface area contributed by atoms with Gasteiger partial charge in [-0.25, -0.2) is 22.9 Å². The molecule has 1 saturated heterocycles. The fourth-order valence-electron chi connectivity index (χ4n) is 4.01. The number of pyridine rings is 2. The van der Waals surface area contributed by atoms with Crippen LogP contribution in [0.2, 0.25) is 0 Å². The van der Waals surface area contributed by atoms with Crippen LogP contribution in [0.15, 0.2) is 45.6 Å². The molecule has 3 heterocycles. The molecule has 1 aliphatic heterocycles. The van der Waals surface area contributed by atoms with Crippen molar-refractivity contribution in [1.29, 1.82) is 0 Å². The van der Waals surface area contributed by atoms with Gasteiger partial charge >= 0.3 is 5.97 Å². The normalized spacial score (nSPS) is 16.9. The van der Waals surface area contributed by atoms with E-state index >= 15 is 4.39 Å². The molecule has 0 amide bonds. The molecule has 0 bridgehead atoms. The summed E-state index contributed by atoms with van der Waals surface area (Å²) in [6.45, 7) is 4.07. The molecule has 1 unspecified atom stereocenters. The van der Waals surface area contributed by atoms with Gasteiger partial charge in [0.05, 0.1) is 29.2 Å². The summed E-state index contributed by atoms with van der Waals surface area (Å²) in [6.07, 6.45) is 0.861. The van der Waals surface area contributed by atoms with E-state index < -0.39 is 45.7 Å². The number of carboxylic acid groups (broad SMARTS) is 1. The fourth-order valence-corrected chi connectivity index (χ4v) is 4.01. The predicted molar refractivity (Wildman–Crippen MR) is 132 cm³/mol. The standard InChI is InChI=1S/C24H23F3N6O5/c1-3-37-30-18-11-32(9-14(18)21(28)31-38-4-2)23-17(27)8-13-20(34)15(24(35)36)10-33(22(13)29-23)19-6-5-12(25)7-16(19)26/h5-8,10,14H,3-4,9,11H2,1-2H3,(H2,28,31)(H,35,36)/b30-18-. The second-order valence-electron chi connectivity index (χ2n) is 8.18. The summed E-state index contributed by atoms with van der Waals surface area (Å²) in [7, 11) is 0. The number of aromatic carboxylic acids is 1. The number of fused-ring (bicyclic) bond motifs is 1. The summed E-state index contributed by atoms with van der Waals surface area (Å²) < 4.78 is 44.6. The second kappa shape index (κ2) is 10.8. The first kappa shape index (κ1) is 26.4. The molecular formula is C24H23F3N6O5. The van der Waals surface area contributed by atoms with Crippen LogP contribution in [0.4, 0.5) is 19.0 Å². The number of hydrogen-bond acceptors (Lipinski definition) is 8. The zero-order valence-corrected chi connectivity index (χ0v) is 20.3. The first-order valence-electron chi connectivity index (χ1n) is 11.5. The molecular weight excluding hydrogens is 509 g/mol. The maximum absolute atomic E-state index is 15.4. The van der Waals surface area contributed by atoms with Gasteiger partial charge in [-0.2, -0.15) is 0 Å². The predicted octanol–water partition coefficient (Wildman–Crippen LogP) is 2.64. The Hall–Kier alpha value is -4.62. The van der Waals surface area contributed by atoms with Crippen molar-refractivity contribution in [3.05, 3.63) is 63.7 Å². The lowest BCUT2D eigenvalue weighted by atomic mass is 10.1. The smallest absolute Gasteiger partial charge is 0.341 e. The van der Waals surface area contributed by atoms with E-state index in [9.17, 15) is 23.5 Å². The van der Waals surface area contributed by atoms with Gasteiger partial charge in [0, 0.05) is 18.8 Å². The van der Waals surface area contributed by atoms with Gasteiger partial charge in [-0.15, -0.1) is 0 Å². The summed E-state index contributed by atoms with van der Waals surface area (Å²) in [4.78, 5) is 40.5. The van der Waals surface area contributed by atoms with E-state index in [0.29, 0.717) is 11.8 Å². The second-order valence-corrected chi connectivity index (χ2v) is 8.18. The number of benzene rings is 1. The molecule has 3 N–H and O–H groups in total. The summed E-state index contributed by atoms with van der Waals surface area (Å²) in [5.74, 6) is -5.26. The van der Waals surface area contributed by atoms with Gasteiger partial charge < -0.3 is 25.4 Å². The molecule has 0 saturated carbocycles. The maximum atomic E-state index is 15.4. The van der Waals surface area contributed by atoms with Gasteiger partial charge in [0.1, 0.15) is 36.2 Å². The van der Waals surface area contributed by atoms with Gasteiger partial charge in [0.15, 0.2) is 17.3 Å². The third-order valence-corrected chi connectivity index (χ3v) is 5.74. The van der Waals surface area contributed by atoms with E-state index in [1.807, 2.05) is 0 Å². The van der Waals surface area contributed by atoms with Gasteiger partial charge in [-0.1, -0.05) is 10.3 Å². The van der Waals surface area contributed by atoms with Crippen LogP contribution in [0.3, 0.4) is 0 Å². The average molecular weight is 532 g/mol. The lowest BCUT2D eigenvalue weighted by Crippen LogP contribution is -2.31. The molecule has 1 aromatic carbocycles. The molecule has 2 aromatic heterocycles. The quantitative estimate of drug-likeness (QED) is 0.256. The number of carboxylic acids is 1. The molecule has 38 heavy (non-hydrogen) atoms. The number of anilines is 1.